The lowest BCUT2D eigenvalue weighted by atomic mass is 9.33. The predicted octanol–water partition coefficient (Wildman–Crippen LogP) is 20.8. The summed E-state index contributed by atoms with van der Waals surface area (Å²) in [6, 6.07) is 94.5. The second-order valence-corrected chi connectivity index (χ2v) is 26.7. The number of benzene rings is 11. The first kappa shape index (κ1) is 54.3. The highest BCUT2D eigenvalue weighted by molar-refractivity contribution is 7.00. The molecule has 11 aromatic carbocycles. The molecule has 0 spiro atoms. The van der Waals surface area contributed by atoms with Crippen molar-refractivity contribution in [3.63, 3.8) is 0 Å². The van der Waals surface area contributed by atoms with E-state index in [4.69, 9.17) is 0 Å². The molecule has 412 valence electrons. The summed E-state index contributed by atoms with van der Waals surface area (Å²) in [5, 5.41) is 0. The Balaban J connectivity index is 1.26. The highest BCUT2D eigenvalue weighted by Crippen LogP contribution is 2.55. The molecular weight excluding hydrogens is 1010 g/mol. The van der Waals surface area contributed by atoms with E-state index in [-0.39, 0.29) is 28.9 Å². The van der Waals surface area contributed by atoms with E-state index in [1.807, 2.05) is 0 Å². The SMILES string of the molecule is CC(C)c1cc2c(cc1-c1ccccc1)B1c3ccc(-c4ccccc4)cc3N(c3c(-c4ccccc4)cc(C(C)(C)C)cc3-c3ccccc3)c3cc(C(C)(C)C)cc(c31)N2c1c(-c2ccccc2)cc(C(C)(C)C)cc1-c1ccccc1. The minimum absolute atomic E-state index is 0.143. The van der Waals surface area contributed by atoms with E-state index in [1.54, 1.807) is 0 Å². The molecule has 0 aliphatic carbocycles. The maximum atomic E-state index is 2.73. The Bertz CT molecular complexity index is 4120. The zero-order chi connectivity index (χ0) is 58.2. The molecule has 0 amide bonds. The molecule has 0 bridgehead atoms. The summed E-state index contributed by atoms with van der Waals surface area (Å²) in [6.07, 6.45) is 0. The van der Waals surface area contributed by atoms with E-state index in [0.29, 0.717) is 0 Å². The van der Waals surface area contributed by atoms with Crippen molar-refractivity contribution in [2.75, 3.05) is 9.80 Å². The number of hydrogen-bond donors (Lipinski definition) is 0. The number of fused-ring (bicyclic) bond motifs is 4. The second kappa shape index (κ2) is 21.1. The van der Waals surface area contributed by atoms with Crippen LogP contribution in [0.2, 0.25) is 0 Å². The van der Waals surface area contributed by atoms with Gasteiger partial charge in [0.2, 0.25) is 0 Å². The lowest BCUT2D eigenvalue weighted by molar-refractivity contribution is 0.590. The number of rotatable bonds is 9. The topological polar surface area (TPSA) is 6.48 Å². The summed E-state index contributed by atoms with van der Waals surface area (Å²) in [5.74, 6) is 0.224. The largest absolute Gasteiger partial charge is 0.310 e. The Hall–Kier alpha value is -8.92. The molecule has 2 aliphatic heterocycles. The molecule has 0 saturated carbocycles. The Morgan fingerprint density at radius 1 is 0.286 bits per heavy atom. The van der Waals surface area contributed by atoms with Crippen LogP contribution in [-0.2, 0) is 16.2 Å². The third-order valence-corrected chi connectivity index (χ3v) is 17.7. The standard InChI is InChI=1S/C81H75BN2/c1-53(2)64-52-73-71(51-65(64)55-32-20-13-21-33-55)82-70-43-42-60(54-30-18-12-19-31-54)44-72(70)83(77-66(56-34-22-14-23-35-56)45-61(79(3,4)5)46-67(77)57-36-24-15-25-37-57)74-49-63(81(9,10)11)50-75(76(74)82)84(73)78-68(58-38-26-16-27-39-58)47-62(80(6,7)8)48-69(78)59-40-28-17-29-41-59/h12-53H,1-11H3. The molecule has 0 atom stereocenters. The lowest BCUT2D eigenvalue weighted by Gasteiger charge is -2.47. The van der Waals surface area contributed by atoms with Gasteiger partial charge >= 0.3 is 0 Å². The lowest BCUT2D eigenvalue weighted by Crippen LogP contribution is -2.61. The minimum atomic E-state index is -0.258. The fourth-order valence-electron chi connectivity index (χ4n) is 13.1. The quantitative estimate of drug-likeness (QED) is 0.133. The van der Waals surface area contributed by atoms with E-state index >= 15 is 0 Å². The highest BCUT2D eigenvalue weighted by atomic mass is 15.2. The van der Waals surface area contributed by atoms with Gasteiger partial charge in [-0.25, -0.2) is 0 Å². The molecule has 11 aromatic rings. The summed E-state index contributed by atoms with van der Waals surface area (Å²) >= 11 is 0. The first-order chi connectivity index (χ1) is 40.4. The van der Waals surface area contributed by atoms with E-state index in [2.05, 4.69) is 335 Å². The van der Waals surface area contributed by atoms with Crippen molar-refractivity contribution in [3.05, 3.63) is 271 Å². The van der Waals surface area contributed by atoms with Crippen molar-refractivity contribution >= 4 is 57.2 Å². The molecule has 0 unspecified atom stereocenters. The Kier molecular flexibility index (Phi) is 13.6. The van der Waals surface area contributed by atoms with E-state index in [9.17, 15) is 0 Å². The fourth-order valence-corrected chi connectivity index (χ4v) is 13.1. The first-order valence-corrected chi connectivity index (χ1v) is 30.2. The van der Waals surface area contributed by atoms with Crippen molar-refractivity contribution in [1.82, 2.24) is 0 Å². The second-order valence-electron chi connectivity index (χ2n) is 26.7. The molecule has 0 aromatic heterocycles. The van der Waals surface area contributed by atoms with Crippen molar-refractivity contribution in [2.24, 2.45) is 0 Å². The Labute approximate surface area is 500 Å². The van der Waals surface area contributed by atoms with Crippen LogP contribution in [0.4, 0.5) is 34.1 Å². The fraction of sp³-hybridized carbons (Fsp3) is 0.185. The summed E-state index contributed by atoms with van der Waals surface area (Å²) in [4.78, 5) is 5.45. The van der Waals surface area contributed by atoms with Crippen LogP contribution in [-0.4, -0.2) is 6.71 Å². The van der Waals surface area contributed by atoms with Crippen LogP contribution in [0.15, 0.2) is 249 Å². The zero-order valence-corrected chi connectivity index (χ0v) is 50.7. The maximum absolute atomic E-state index is 2.73. The molecule has 0 radical (unpaired) electrons. The third-order valence-electron chi connectivity index (χ3n) is 17.7. The van der Waals surface area contributed by atoms with Crippen LogP contribution in [0.3, 0.4) is 0 Å². The summed E-state index contributed by atoms with van der Waals surface area (Å²) < 4.78 is 0. The monoisotopic (exact) mass is 1090 g/mol. The van der Waals surface area contributed by atoms with Crippen LogP contribution >= 0.6 is 0 Å². The van der Waals surface area contributed by atoms with Gasteiger partial charge in [-0.3, -0.25) is 0 Å². The van der Waals surface area contributed by atoms with E-state index in [0.717, 1.165) is 0 Å². The van der Waals surface area contributed by atoms with E-state index < -0.39 is 0 Å². The van der Waals surface area contributed by atoms with Gasteiger partial charge in [0.05, 0.1) is 11.4 Å². The van der Waals surface area contributed by atoms with Crippen LogP contribution in [0, 0.1) is 0 Å². The third kappa shape index (κ3) is 9.68. The van der Waals surface area contributed by atoms with Crippen molar-refractivity contribution in [1.29, 1.82) is 0 Å². The Morgan fingerprint density at radius 2 is 0.607 bits per heavy atom. The van der Waals surface area contributed by atoms with Gasteiger partial charge in [0.25, 0.3) is 6.71 Å². The molecular formula is C81H75BN2. The predicted molar refractivity (Wildman–Crippen MR) is 363 cm³/mol. The minimum Gasteiger partial charge on any atom is -0.310 e. The van der Waals surface area contributed by atoms with Crippen molar-refractivity contribution in [3.8, 4) is 66.8 Å². The number of anilines is 6. The average molecular weight is 1090 g/mol. The molecule has 2 nitrogen and oxygen atoms in total. The van der Waals surface area contributed by atoms with E-state index in [1.165, 1.54) is 140 Å². The molecule has 2 heterocycles. The molecule has 13 rings (SSSR count). The van der Waals surface area contributed by atoms with Gasteiger partial charge in [-0.15, -0.1) is 0 Å². The van der Waals surface area contributed by atoms with Gasteiger partial charge in [-0.2, -0.15) is 0 Å². The normalized spacial score (nSPS) is 13.0. The smallest absolute Gasteiger partial charge is 0.252 e. The van der Waals surface area contributed by atoms with Crippen LogP contribution in [0.25, 0.3) is 66.8 Å². The van der Waals surface area contributed by atoms with Gasteiger partial charge in [0, 0.05) is 45.0 Å². The zero-order valence-electron chi connectivity index (χ0n) is 50.7. The highest BCUT2D eigenvalue weighted by Gasteiger charge is 2.47. The van der Waals surface area contributed by atoms with Crippen molar-refractivity contribution in [2.45, 2.75) is 98.3 Å². The molecule has 0 saturated heterocycles. The molecule has 84 heavy (non-hydrogen) atoms. The number of nitrogens with zero attached hydrogens (tertiary/aromatic N) is 2. The van der Waals surface area contributed by atoms with Crippen molar-refractivity contribution < 1.29 is 0 Å². The average Bonchev–Trinajstić information content (AvgIpc) is 0.744. The van der Waals surface area contributed by atoms with Gasteiger partial charge in [-0.05, 0) is 154 Å². The Morgan fingerprint density at radius 3 is 0.952 bits per heavy atom. The van der Waals surface area contributed by atoms with Gasteiger partial charge in [0.15, 0.2) is 0 Å². The van der Waals surface area contributed by atoms with Gasteiger partial charge < -0.3 is 9.80 Å². The molecule has 3 heteroatoms. The maximum Gasteiger partial charge on any atom is 0.252 e. The molecule has 0 fully saturated rings. The molecule has 0 N–H and O–H groups in total. The van der Waals surface area contributed by atoms with Crippen LogP contribution in [0.5, 0.6) is 0 Å². The number of hydrogen-bond acceptors (Lipinski definition) is 2. The van der Waals surface area contributed by atoms with Crippen LogP contribution < -0.4 is 26.2 Å². The molecule has 2 aliphatic rings. The van der Waals surface area contributed by atoms with Gasteiger partial charge in [-0.1, -0.05) is 276 Å². The van der Waals surface area contributed by atoms with Gasteiger partial charge in [0.1, 0.15) is 0 Å². The first-order valence-electron chi connectivity index (χ1n) is 30.2. The summed E-state index contributed by atoms with van der Waals surface area (Å²) in [5.41, 5.74) is 30.0. The summed E-state index contributed by atoms with van der Waals surface area (Å²) in [7, 11) is 0. The van der Waals surface area contributed by atoms with Crippen LogP contribution in [0.1, 0.15) is 104 Å². The summed E-state index contributed by atoms with van der Waals surface area (Å²) in [6.45, 7) is 25.9.